The SMILES string of the molecule is CC(C)c1ccccc1.CCC(C)(C)CN(C)C.CCC(O)CC1CCN(C(=O)OC(C)(C)C)CC1. The number of aliphatic hydroxyl groups is 1. The van der Waals surface area contributed by atoms with Gasteiger partial charge in [-0.25, -0.2) is 4.79 Å². The third-order valence-electron chi connectivity index (χ3n) is 6.51. The Bertz CT molecular complexity index is 688. The number of carbonyl (C=O) groups excluding carboxylic acids is 1. The first-order valence-corrected chi connectivity index (χ1v) is 14.0. The molecule has 1 aromatic carbocycles. The molecule has 1 atom stereocenters. The summed E-state index contributed by atoms with van der Waals surface area (Å²) in [4.78, 5) is 15.9. The lowest BCUT2D eigenvalue weighted by Crippen LogP contribution is -2.42. The predicted molar refractivity (Wildman–Crippen MR) is 155 cm³/mol. The summed E-state index contributed by atoms with van der Waals surface area (Å²) in [7, 11) is 4.24. The van der Waals surface area contributed by atoms with Gasteiger partial charge in [-0.3, -0.25) is 0 Å². The first-order valence-electron chi connectivity index (χ1n) is 14.0. The molecular formula is C31H58N2O3. The number of carbonyl (C=O) groups is 1. The Morgan fingerprint density at radius 2 is 1.58 bits per heavy atom. The minimum absolute atomic E-state index is 0.192. The summed E-state index contributed by atoms with van der Waals surface area (Å²) in [5, 5.41) is 9.63. The van der Waals surface area contributed by atoms with Gasteiger partial charge in [-0.15, -0.1) is 0 Å². The van der Waals surface area contributed by atoms with Crippen LogP contribution in [0.2, 0.25) is 0 Å². The van der Waals surface area contributed by atoms with Gasteiger partial charge in [0.1, 0.15) is 5.60 Å². The average molecular weight is 507 g/mol. The van der Waals surface area contributed by atoms with Crippen LogP contribution >= 0.6 is 0 Å². The Hall–Kier alpha value is -1.59. The van der Waals surface area contributed by atoms with Crippen LogP contribution in [0.4, 0.5) is 4.79 Å². The van der Waals surface area contributed by atoms with Crippen LogP contribution in [0, 0.1) is 11.3 Å². The van der Waals surface area contributed by atoms with E-state index in [9.17, 15) is 9.90 Å². The van der Waals surface area contributed by atoms with E-state index < -0.39 is 5.60 Å². The zero-order chi connectivity index (χ0) is 27.9. The first kappa shape index (κ1) is 34.4. The van der Waals surface area contributed by atoms with Crippen LogP contribution in [-0.4, -0.2) is 66.4 Å². The summed E-state index contributed by atoms with van der Waals surface area (Å²) < 4.78 is 5.35. The van der Waals surface area contributed by atoms with Gasteiger partial charge in [0.15, 0.2) is 0 Å². The molecule has 0 spiro atoms. The Morgan fingerprint density at radius 1 is 1.06 bits per heavy atom. The Morgan fingerprint density at radius 3 is 1.92 bits per heavy atom. The Balaban J connectivity index is 0.000000570. The molecule has 210 valence electrons. The zero-order valence-corrected chi connectivity index (χ0v) is 25.4. The second-order valence-corrected chi connectivity index (χ2v) is 12.5. The monoisotopic (exact) mass is 506 g/mol. The molecule has 1 saturated heterocycles. The molecule has 1 heterocycles. The fraction of sp³-hybridized carbons (Fsp3) is 0.774. The van der Waals surface area contributed by atoms with Gasteiger partial charge >= 0.3 is 6.09 Å². The van der Waals surface area contributed by atoms with E-state index in [1.807, 2.05) is 33.8 Å². The topological polar surface area (TPSA) is 53.0 Å². The molecule has 1 aliphatic heterocycles. The summed E-state index contributed by atoms with van der Waals surface area (Å²) >= 11 is 0. The normalized spacial score (nSPS) is 15.6. The average Bonchev–Trinajstić information content (AvgIpc) is 2.79. The maximum Gasteiger partial charge on any atom is 0.410 e. The van der Waals surface area contributed by atoms with Crippen molar-refractivity contribution in [2.75, 3.05) is 33.7 Å². The van der Waals surface area contributed by atoms with Crippen molar-refractivity contribution in [2.45, 2.75) is 112 Å². The smallest absolute Gasteiger partial charge is 0.410 e. The lowest BCUT2D eigenvalue weighted by Gasteiger charge is -2.34. The summed E-state index contributed by atoms with van der Waals surface area (Å²) in [6.07, 6.45) is 4.46. The molecule has 5 heteroatoms. The molecule has 5 nitrogen and oxygen atoms in total. The maximum atomic E-state index is 11.9. The molecule has 0 aromatic heterocycles. The van der Waals surface area contributed by atoms with Crippen molar-refractivity contribution in [3.05, 3.63) is 35.9 Å². The molecule has 1 unspecified atom stereocenters. The molecule has 1 N–H and O–H groups in total. The fourth-order valence-electron chi connectivity index (χ4n) is 4.03. The van der Waals surface area contributed by atoms with E-state index in [4.69, 9.17) is 4.74 Å². The predicted octanol–water partition coefficient (Wildman–Crippen LogP) is 7.59. The number of hydrogen-bond donors (Lipinski definition) is 1. The molecule has 36 heavy (non-hydrogen) atoms. The van der Waals surface area contributed by atoms with E-state index in [0.717, 1.165) is 38.8 Å². The first-order chi connectivity index (χ1) is 16.6. The molecule has 1 aliphatic rings. The van der Waals surface area contributed by atoms with E-state index >= 15 is 0 Å². The lowest BCUT2D eigenvalue weighted by atomic mass is 9.90. The minimum atomic E-state index is -0.424. The molecule has 0 aliphatic carbocycles. The van der Waals surface area contributed by atoms with E-state index in [1.54, 1.807) is 4.90 Å². The lowest BCUT2D eigenvalue weighted by molar-refractivity contribution is 0.0161. The number of hydrogen-bond acceptors (Lipinski definition) is 4. The van der Waals surface area contributed by atoms with Gasteiger partial charge in [0, 0.05) is 19.6 Å². The number of ether oxygens (including phenoxy) is 1. The molecule has 1 amide bonds. The third-order valence-corrected chi connectivity index (χ3v) is 6.51. The van der Waals surface area contributed by atoms with Gasteiger partial charge in [0.25, 0.3) is 0 Å². The van der Waals surface area contributed by atoms with Crippen LogP contribution in [0.15, 0.2) is 30.3 Å². The number of piperidine rings is 1. The second kappa shape index (κ2) is 17.0. The van der Waals surface area contributed by atoms with Crippen molar-refractivity contribution in [3.8, 4) is 0 Å². The van der Waals surface area contributed by atoms with Gasteiger partial charge in [0.2, 0.25) is 0 Å². The highest BCUT2D eigenvalue weighted by molar-refractivity contribution is 5.68. The number of aliphatic hydroxyl groups excluding tert-OH is 1. The van der Waals surface area contributed by atoms with Crippen LogP contribution in [0.25, 0.3) is 0 Å². The number of benzene rings is 1. The van der Waals surface area contributed by atoms with Gasteiger partial charge < -0.3 is 19.6 Å². The van der Waals surface area contributed by atoms with Crippen molar-refractivity contribution >= 4 is 6.09 Å². The molecule has 1 fully saturated rings. The Labute approximate surface area is 223 Å². The molecular weight excluding hydrogens is 448 g/mol. The van der Waals surface area contributed by atoms with Crippen LogP contribution in [0.1, 0.15) is 106 Å². The maximum absolute atomic E-state index is 11.9. The summed E-state index contributed by atoms with van der Waals surface area (Å²) in [6.45, 7) is 21.6. The van der Waals surface area contributed by atoms with Crippen LogP contribution in [0.5, 0.6) is 0 Å². The fourth-order valence-corrected chi connectivity index (χ4v) is 4.03. The molecule has 2 rings (SSSR count). The minimum Gasteiger partial charge on any atom is -0.444 e. The van der Waals surface area contributed by atoms with Crippen molar-refractivity contribution in [3.63, 3.8) is 0 Å². The molecule has 1 aromatic rings. The van der Waals surface area contributed by atoms with Gasteiger partial charge in [-0.2, -0.15) is 0 Å². The number of rotatable bonds is 7. The highest BCUT2D eigenvalue weighted by atomic mass is 16.6. The quantitative estimate of drug-likeness (QED) is 0.414. The summed E-state index contributed by atoms with van der Waals surface area (Å²) in [5.41, 5.74) is 1.48. The second-order valence-electron chi connectivity index (χ2n) is 12.5. The molecule has 0 saturated carbocycles. The summed E-state index contributed by atoms with van der Waals surface area (Å²) in [6, 6.07) is 10.5. The van der Waals surface area contributed by atoms with E-state index in [2.05, 4.69) is 77.9 Å². The van der Waals surface area contributed by atoms with Crippen molar-refractivity contribution < 1.29 is 14.6 Å². The largest absolute Gasteiger partial charge is 0.444 e. The van der Waals surface area contributed by atoms with Crippen molar-refractivity contribution in [1.29, 1.82) is 0 Å². The van der Waals surface area contributed by atoms with Crippen molar-refractivity contribution in [2.24, 2.45) is 11.3 Å². The zero-order valence-electron chi connectivity index (χ0n) is 25.4. The van der Waals surface area contributed by atoms with E-state index in [1.165, 1.54) is 18.5 Å². The third kappa shape index (κ3) is 17.0. The highest BCUT2D eigenvalue weighted by Crippen LogP contribution is 2.24. The molecule has 0 bridgehead atoms. The van der Waals surface area contributed by atoms with Crippen LogP contribution < -0.4 is 0 Å². The Kier molecular flexibility index (Phi) is 16.3. The van der Waals surface area contributed by atoms with E-state index in [-0.39, 0.29) is 12.2 Å². The number of amides is 1. The molecule has 0 radical (unpaired) electrons. The van der Waals surface area contributed by atoms with E-state index in [0.29, 0.717) is 17.3 Å². The summed E-state index contributed by atoms with van der Waals surface area (Å²) in [5.74, 6) is 1.20. The van der Waals surface area contributed by atoms with Gasteiger partial charge in [-0.05, 0) is 89.8 Å². The highest BCUT2D eigenvalue weighted by Gasteiger charge is 2.27. The number of likely N-dealkylation sites (tertiary alicyclic amines) is 1. The van der Waals surface area contributed by atoms with Crippen molar-refractivity contribution in [1.82, 2.24) is 9.80 Å². The van der Waals surface area contributed by atoms with Crippen LogP contribution in [0.3, 0.4) is 0 Å². The standard InChI is InChI=1S/C14H27NO3.C9H12.C8H19N/c1-5-12(16)10-11-6-8-15(9-7-11)13(17)18-14(2,3)4;1-8(2)9-6-4-3-5-7-9;1-6-8(2,3)7-9(4)5/h11-12,16H,5-10H2,1-4H3;3-8H,1-2H3;6-7H2,1-5H3. The number of nitrogens with zero attached hydrogens (tertiary/aromatic N) is 2. The van der Waals surface area contributed by atoms with Gasteiger partial charge in [0.05, 0.1) is 6.10 Å². The van der Waals surface area contributed by atoms with Crippen LogP contribution in [-0.2, 0) is 4.74 Å². The van der Waals surface area contributed by atoms with Gasteiger partial charge in [-0.1, -0.05) is 71.9 Å².